The molecule has 10 heteroatoms. The third kappa shape index (κ3) is 1.58. The van der Waals surface area contributed by atoms with Crippen molar-refractivity contribution >= 4 is 5.65 Å². The molecule has 116 valence electrons. The maximum Gasteiger partial charge on any atom is 0.294 e. The number of nitriles is 1. The van der Waals surface area contributed by atoms with Crippen LogP contribution in [-0.2, 0) is 10.3 Å². The third-order valence-electron chi connectivity index (χ3n) is 3.93. The van der Waals surface area contributed by atoms with E-state index in [9.17, 15) is 20.3 Å². The van der Waals surface area contributed by atoms with Gasteiger partial charge in [-0.15, -0.1) is 0 Å². The van der Waals surface area contributed by atoms with Gasteiger partial charge in [-0.1, -0.05) is 0 Å². The van der Waals surface area contributed by atoms with E-state index >= 15 is 4.39 Å². The summed E-state index contributed by atoms with van der Waals surface area (Å²) >= 11 is 0. The predicted octanol–water partition coefficient (Wildman–Crippen LogP) is -1.38. The zero-order valence-electron chi connectivity index (χ0n) is 11.4. The lowest BCUT2D eigenvalue weighted by Gasteiger charge is -2.30. The lowest BCUT2D eigenvalue weighted by atomic mass is 9.82. The van der Waals surface area contributed by atoms with Crippen LogP contribution in [0.15, 0.2) is 17.3 Å². The van der Waals surface area contributed by atoms with Crippen LogP contribution in [-0.4, -0.2) is 54.3 Å². The van der Waals surface area contributed by atoms with Crippen molar-refractivity contribution < 1.29 is 19.3 Å². The fourth-order valence-electron chi connectivity index (χ4n) is 2.67. The molecule has 3 rings (SSSR count). The van der Waals surface area contributed by atoms with Gasteiger partial charge in [0.25, 0.3) is 5.56 Å². The van der Waals surface area contributed by atoms with Crippen molar-refractivity contribution in [1.82, 2.24) is 19.6 Å². The smallest absolute Gasteiger partial charge is 0.294 e. The van der Waals surface area contributed by atoms with Crippen molar-refractivity contribution in [2.24, 2.45) is 0 Å². The number of aromatic amines is 1. The summed E-state index contributed by atoms with van der Waals surface area (Å²) in [6.07, 6.45) is -0.867. The first-order valence-corrected chi connectivity index (χ1v) is 6.38. The molecule has 2 aromatic rings. The minimum absolute atomic E-state index is 0.142. The van der Waals surface area contributed by atoms with Crippen LogP contribution in [0.2, 0.25) is 0 Å². The van der Waals surface area contributed by atoms with E-state index < -0.39 is 35.6 Å². The Kier molecular flexibility index (Phi) is 3.03. The highest BCUT2D eigenvalue weighted by Crippen LogP contribution is 2.48. The number of nitrogens with one attached hydrogen (secondary N) is 1. The van der Waals surface area contributed by atoms with Gasteiger partial charge in [0.2, 0.25) is 11.2 Å². The molecule has 9 nitrogen and oxygen atoms in total. The second-order valence-corrected chi connectivity index (χ2v) is 5.15. The molecule has 1 fully saturated rings. The van der Waals surface area contributed by atoms with E-state index in [4.69, 9.17) is 4.74 Å². The zero-order valence-corrected chi connectivity index (χ0v) is 11.4. The summed E-state index contributed by atoms with van der Waals surface area (Å²) in [7, 11) is 0. The number of hydrogen-bond acceptors (Lipinski definition) is 7. The van der Waals surface area contributed by atoms with Gasteiger partial charge in [-0.2, -0.15) is 10.4 Å². The van der Waals surface area contributed by atoms with E-state index in [1.165, 1.54) is 0 Å². The average molecular weight is 309 g/mol. The molecule has 0 aromatic carbocycles. The monoisotopic (exact) mass is 309 g/mol. The molecule has 0 aliphatic carbocycles. The number of aromatic nitrogens is 4. The van der Waals surface area contributed by atoms with Gasteiger partial charge in [-0.3, -0.25) is 4.79 Å². The van der Waals surface area contributed by atoms with Gasteiger partial charge < -0.3 is 19.9 Å². The van der Waals surface area contributed by atoms with E-state index in [1.54, 1.807) is 6.07 Å². The Morgan fingerprint density at radius 3 is 3.00 bits per heavy atom. The van der Waals surface area contributed by atoms with E-state index in [0.29, 0.717) is 0 Å². The summed E-state index contributed by atoms with van der Waals surface area (Å²) in [4.78, 5) is 17.8. The molecule has 0 saturated carbocycles. The topological polar surface area (TPSA) is 137 Å². The number of fused-ring (bicyclic) bond motifs is 1. The Hall–Kier alpha value is -2.35. The second-order valence-electron chi connectivity index (χ2n) is 5.15. The van der Waals surface area contributed by atoms with Crippen molar-refractivity contribution in [3.8, 4) is 6.07 Å². The number of aliphatic hydroxyl groups excluding tert-OH is 2. The van der Waals surface area contributed by atoms with Gasteiger partial charge >= 0.3 is 0 Å². The number of aliphatic hydroxyl groups is 2. The molecule has 0 spiro atoms. The summed E-state index contributed by atoms with van der Waals surface area (Å²) in [5.74, 6) is 0. The molecule has 1 saturated heterocycles. The molecule has 0 amide bonds. The lowest BCUT2D eigenvalue weighted by Crippen LogP contribution is -2.48. The number of hydrogen-bond donors (Lipinski definition) is 3. The van der Waals surface area contributed by atoms with Crippen molar-refractivity contribution in [3.05, 3.63) is 28.6 Å². The van der Waals surface area contributed by atoms with Crippen LogP contribution in [0.1, 0.15) is 12.6 Å². The van der Waals surface area contributed by atoms with E-state index in [2.05, 4.69) is 15.1 Å². The Morgan fingerprint density at radius 2 is 2.41 bits per heavy atom. The third-order valence-corrected chi connectivity index (χ3v) is 3.93. The maximum atomic E-state index is 15.1. The molecule has 22 heavy (non-hydrogen) atoms. The van der Waals surface area contributed by atoms with Gasteiger partial charge in [-0.25, -0.2) is 13.9 Å². The molecule has 0 bridgehead atoms. The molecule has 0 unspecified atom stereocenters. The van der Waals surface area contributed by atoms with Crippen molar-refractivity contribution in [1.29, 1.82) is 5.26 Å². The molecule has 3 N–H and O–H groups in total. The fraction of sp³-hybridized carbons (Fsp3) is 0.500. The highest BCUT2D eigenvalue weighted by Gasteiger charge is 2.67. The molecule has 3 heterocycles. The Balaban J connectivity index is 2.29. The van der Waals surface area contributed by atoms with Gasteiger partial charge in [0.05, 0.1) is 12.8 Å². The Bertz CT molecular complexity index is 825. The highest BCUT2D eigenvalue weighted by atomic mass is 19.1. The van der Waals surface area contributed by atoms with Crippen molar-refractivity contribution in [2.75, 3.05) is 6.61 Å². The number of H-pyrrole nitrogens is 1. The summed E-state index contributed by atoms with van der Waals surface area (Å²) in [5.41, 5.74) is -5.67. The highest BCUT2D eigenvalue weighted by molar-refractivity contribution is 5.41. The number of rotatable bonds is 2. The first-order chi connectivity index (χ1) is 10.4. The quantitative estimate of drug-likeness (QED) is 0.621. The average Bonchev–Trinajstić information content (AvgIpc) is 3.01. The number of imidazole rings is 1. The van der Waals surface area contributed by atoms with E-state index in [0.717, 1.165) is 24.0 Å². The Morgan fingerprint density at radius 1 is 1.68 bits per heavy atom. The van der Waals surface area contributed by atoms with Crippen LogP contribution in [0.4, 0.5) is 4.39 Å². The van der Waals surface area contributed by atoms with Crippen molar-refractivity contribution in [2.45, 2.75) is 30.4 Å². The molecular weight excluding hydrogens is 297 g/mol. The van der Waals surface area contributed by atoms with Crippen LogP contribution >= 0.6 is 0 Å². The van der Waals surface area contributed by atoms with Gasteiger partial charge in [-0.05, 0) is 6.92 Å². The molecule has 1 aliphatic rings. The summed E-state index contributed by atoms with van der Waals surface area (Å²) in [6.45, 7) is 0.317. The minimum atomic E-state index is -2.55. The molecule has 0 radical (unpaired) electrons. The van der Waals surface area contributed by atoms with E-state index in [1.807, 2.05) is 0 Å². The van der Waals surface area contributed by atoms with Crippen LogP contribution in [0.5, 0.6) is 0 Å². The fourth-order valence-corrected chi connectivity index (χ4v) is 2.67. The van der Waals surface area contributed by atoms with Crippen LogP contribution in [0, 0.1) is 11.3 Å². The maximum absolute atomic E-state index is 15.1. The van der Waals surface area contributed by atoms with Gasteiger partial charge in [0, 0.05) is 0 Å². The van der Waals surface area contributed by atoms with Gasteiger partial charge in [0.1, 0.15) is 30.3 Å². The van der Waals surface area contributed by atoms with E-state index in [-0.39, 0.29) is 11.3 Å². The standard InChI is InChI=1S/C12H12FN5O4/c1-11(13)8(20)6(3-19)22-12(11,4-14)7-2-15-9-10(21)16-5-17-18(7)9/h2,5-6,8,19-20H,3H2,1H3,(H,16,17,21)/t6-,8-,11-,12+/m1/s1. The van der Waals surface area contributed by atoms with Crippen LogP contribution < -0.4 is 5.56 Å². The first kappa shape index (κ1) is 14.6. The second kappa shape index (κ2) is 4.57. The molecule has 4 atom stereocenters. The summed E-state index contributed by atoms with van der Waals surface area (Å²) in [6, 6.07) is 1.70. The summed E-state index contributed by atoms with van der Waals surface area (Å²) < 4.78 is 21.4. The molecule has 1 aliphatic heterocycles. The molecule has 2 aromatic heterocycles. The lowest BCUT2D eigenvalue weighted by molar-refractivity contribution is -0.0719. The number of halogens is 1. The first-order valence-electron chi connectivity index (χ1n) is 6.38. The number of ether oxygens (including phenoxy) is 1. The van der Waals surface area contributed by atoms with Crippen molar-refractivity contribution in [3.63, 3.8) is 0 Å². The van der Waals surface area contributed by atoms with Gasteiger partial charge in [0.15, 0.2) is 5.67 Å². The SMILES string of the molecule is C[C@@]1(F)[C@H](O)[C@@H](CO)O[C@@]1(C#N)c1cnc2c(=O)[nH]cnn12. The van der Waals surface area contributed by atoms with Crippen LogP contribution in [0.25, 0.3) is 5.65 Å². The predicted molar refractivity (Wildman–Crippen MR) is 68.4 cm³/mol. The number of alkyl halides is 1. The normalized spacial score (nSPS) is 34.9. The summed E-state index contributed by atoms with van der Waals surface area (Å²) in [5, 5.41) is 32.5. The largest absolute Gasteiger partial charge is 0.394 e. The number of nitrogens with zero attached hydrogens (tertiary/aromatic N) is 4. The zero-order chi connectivity index (χ0) is 16.1. The Labute approximate surface area is 122 Å². The molecular formula is C12H12FN5O4. The minimum Gasteiger partial charge on any atom is -0.394 e. The van der Waals surface area contributed by atoms with Crippen LogP contribution in [0.3, 0.4) is 0 Å².